The average molecular weight is 139 g/mol. The fourth-order valence-electron chi connectivity index (χ4n) is 1.04. The molecule has 2 heteroatoms. The van der Waals surface area contributed by atoms with Gasteiger partial charge in [-0.2, -0.15) is 0 Å². The SMILES string of the molecule is COC1=CCC=C(CN)C1. The van der Waals surface area contributed by atoms with Gasteiger partial charge in [0, 0.05) is 13.0 Å². The molecule has 0 bridgehead atoms. The second-order valence-electron chi connectivity index (χ2n) is 2.35. The standard InChI is InChI=1S/C8H13NO/c1-10-8-4-2-3-7(5-8)6-9/h3-4H,2,5-6,9H2,1H3. The van der Waals surface area contributed by atoms with E-state index in [0.29, 0.717) is 6.54 Å². The minimum absolute atomic E-state index is 0.653. The molecular formula is C8H13NO. The van der Waals surface area contributed by atoms with Crippen LogP contribution in [0.25, 0.3) is 0 Å². The van der Waals surface area contributed by atoms with Crippen LogP contribution in [0.5, 0.6) is 0 Å². The van der Waals surface area contributed by atoms with Gasteiger partial charge in [-0.3, -0.25) is 0 Å². The van der Waals surface area contributed by atoms with Crippen LogP contribution in [0.2, 0.25) is 0 Å². The molecule has 0 unspecified atom stereocenters. The van der Waals surface area contributed by atoms with Crippen LogP contribution in [-0.2, 0) is 4.74 Å². The molecule has 10 heavy (non-hydrogen) atoms. The molecule has 0 aromatic carbocycles. The summed E-state index contributed by atoms with van der Waals surface area (Å²) in [6.45, 7) is 0.653. The summed E-state index contributed by atoms with van der Waals surface area (Å²) in [5.41, 5.74) is 6.75. The average Bonchev–Trinajstić information content (AvgIpc) is 2.05. The fraction of sp³-hybridized carbons (Fsp3) is 0.500. The number of allylic oxidation sites excluding steroid dienone is 3. The molecule has 1 aliphatic carbocycles. The lowest BCUT2D eigenvalue weighted by Gasteiger charge is -2.11. The molecule has 0 atom stereocenters. The van der Waals surface area contributed by atoms with E-state index >= 15 is 0 Å². The molecule has 0 aromatic heterocycles. The second kappa shape index (κ2) is 3.42. The molecule has 0 amide bonds. The van der Waals surface area contributed by atoms with Gasteiger partial charge in [-0.05, 0) is 12.5 Å². The van der Waals surface area contributed by atoms with Crippen LogP contribution in [0, 0.1) is 0 Å². The Morgan fingerprint density at radius 2 is 2.40 bits per heavy atom. The van der Waals surface area contributed by atoms with E-state index < -0.39 is 0 Å². The number of methoxy groups -OCH3 is 1. The van der Waals surface area contributed by atoms with Gasteiger partial charge in [0.05, 0.1) is 12.9 Å². The van der Waals surface area contributed by atoms with Crippen molar-refractivity contribution < 1.29 is 4.74 Å². The van der Waals surface area contributed by atoms with Gasteiger partial charge in [-0.15, -0.1) is 0 Å². The molecule has 0 heterocycles. The fourth-order valence-corrected chi connectivity index (χ4v) is 1.04. The van der Waals surface area contributed by atoms with Gasteiger partial charge in [0.25, 0.3) is 0 Å². The minimum Gasteiger partial charge on any atom is -0.501 e. The van der Waals surface area contributed by atoms with Crippen molar-refractivity contribution in [2.45, 2.75) is 12.8 Å². The Labute approximate surface area is 61.4 Å². The highest BCUT2D eigenvalue weighted by Crippen LogP contribution is 2.17. The summed E-state index contributed by atoms with van der Waals surface area (Å²) < 4.78 is 5.09. The van der Waals surface area contributed by atoms with Crippen molar-refractivity contribution in [1.82, 2.24) is 0 Å². The molecule has 2 nitrogen and oxygen atoms in total. The predicted octanol–water partition coefficient (Wildman–Crippen LogP) is 1.20. The summed E-state index contributed by atoms with van der Waals surface area (Å²) in [4.78, 5) is 0. The van der Waals surface area contributed by atoms with Crippen LogP contribution in [0.3, 0.4) is 0 Å². The molecular weight excluding hydrogens is 126 g/mol. The first-order chi connectivity index (χ1) is 4.86. The lowest BCUT2D eigenvalue weighted by molar-refractivity contribution is 0.280. The molecule has 0 saturated heterocycles. The summed E-state index contributed by atoms with van der Waals surface area (Å²) in [6.07, 6.45) is 6.10. The first kappa shape index (κ1) is 7.35. The van der Waals surface area contributed by atoms with E-state index in [1.807, 2.05) is 0 Å². The lowest BCUT2D eigenvalue weighted by atomic mass is 10.0. The highest BCUT2D eigenvalue weighted by Gasteiger charge is 2.04. The monoisotopic (exact) mass is 139 g/mol. The van der Waals surface area contributed by atoms with E-state index in [1.54, 1.807) is 7.11 Å². The molecule has 0 fully saturated rings. The maximum Gasteiger partial charge on any atom is 0.0959 e. The quantitative estimate of drug-likeness (QED) is 0.583. The van der Waals surface area contributed by atoms with Crippen LogP contribution < -0.4 is 5.73 Å². The van der Waals surface area contributed by atoms with Crippen molar-refractivity contribution in [2.24, 2.45) is 5.73 Å². The maximum absolute atomic E-state index is 5.47. The lowest BCUT2D eigenvalue weighted by Crippen LogP contribution is -2.06. The summed E-state index contributed by atoms with van der Waals surface area (Å²) in [7, 11) is 1.70. The van der Waals surface area contributed by atoms with Crippen molar-refractivity contribution in [3.63, 3.8) is 0 Å². The van der Waals surface area contributed by atoms with Gasteiger partial charge in [-0.25, -0.2) is 0 Å². The van der Waals surface area contributed by atoms with Crippen LogP contribution in [0.1, 0.15) is 12.8 Å². The van der Waals surface area contributed by atoms with Gasteiger partial charge < -0.3 is 10.5 Å². The highest BCUT2D eigenvalue weighted by molar-refractivity contribution is 5.19. The van der Waals surface area contributed by atoms with Crippen molar-refractivity contribution >= 4 is 0 Å². The number of hydrogen-bond acceptors (Lipinski definition) is 2. The van der Waals surface area contributed by atoms with Gasteiger partial charge in [-0.1, -0.05) is 11.6 Å². The zero-order valence-corrected chi connectivity index (χ0v) is 6.26. The zero-order chi connectivity index (χ0) is 7.40. The smallest absolute Gasteiger partial charge is 0.0959 e. The predicted molar refractivity (Wildman–Crippen MR) is 41.5 cm³/mol. The molecule has 2 N–H and O–H groups in total. The van der Waals surface area contributed by atoms with E-state index in [2.05, 4.69) is 12.2 Å². The van der Waals surface area contributed by atoms with Crippen LogP contribution >= 0.6 is 0 Å². The number of nitrogens with two attached hydrogens (primary N) is 1. The van der Waals surface area contributed by atoms with E-state index in [4.69, 9.17) is 10.5 Å². The largest absolute Gasteiger partial charge is 0.501 e. The third kappa shape index (κ3) is 1.61. The zero-order valence-electron chi connectivity index (χ0n) is 6.26. The Balaban J connectivity index is 2.49. The molecule has 1 rings (SSSR count). The van der Waals surface area contributed by atoms with Crippen LogP contribution in [0.4, 0.5) is 0 Å². The number of rotatable bonds is 2. The molecule has 0 aliphatic heterocycles. The first-order valence-corrected chi connectivity index (χ1v) is 3.48. The van der Waals surface area contributed by atoms with Crippen LogP contribution in [0.15, 0.2) is 23.5 Å². The third-order valence-corrected chi connectivity index (χ3v) is 1.68. The Kier molecular flexibility index (Phi) is 2.51. The van der Waals surface area contributed by atoms with Crippen LogP contribution in [-0.4, -0.2) is 13.7 Å². The summed E-state index contributed by atoms with van der Waals surface area (Å²) in [5.74, 6) is 1.04. The van der Waals surface area contributed by atoms with E-state index in [9.17, 15) is 0 Å². The van der Waals surface area contributed by atoms with Gasteiger partial charge in [0.15, 0.2) is 0 Å². The Hall–Kier alpha value is -0.760. The second-order valence-corrected chi connectivity index (χ2v) is 2.35. The Morgan fingerprint density at radius 1 is 1.60 bits per heavy atom. The van der Waals surface area contributed by atoms with Crippen molar-refractivity contribution in [3.05, 3.63) is 23.5 Å². The summed E-state index contributed by atoms with van der Waals surface area (Å²) >= 11 is 0. The normalized spacial score (nSPS) is 17.8. The molecule has 0 radical (unpaired) electrons. The highest BCUT2D eigenvalue weighted by atomic mass is 16.5. The van der Waals surface area contributed by atoms with E-state index in [1.165, 1.54) is 5.57 Å². The van der Waals surface area contributed by atoms with Crippen molar-refractivity contribution in [3.8, 4) is 0 Å². The van der Waals surface area contributed by atoms with Gasteiger partial charge in [0.2, 0.25) is 0 Å². The third-order valence-electron chi connectivity index (χ3n) is 1.68. The molecule has 56 valence electrons. The van der Waals surface area contributed by atoms with E-state index in [-0.39, 0.29) is 0 Å². The Morgan fingerprint density at radius 3 is 3.00 bits per heavy atom. The van der Waals surface area contributed by atoms with Crippen molar-refractivity contribution in [1.29, 1.82) is 0 Å². The molecule has 0 spiro atoms. The number of ether oxygens (including phenoxy) is 1. The summed E-state index contributed by atoms with van der Waals surface area (Å²) in [5, 5.41) is 0. The maximum atomic E-state index is 5.47. The topological polar surface area (TPSA) is 35.2 Å². The van der Waals surface area contributed by atoms with Gasteiger partial charge >= 0.3 is 0 Å². The number of hydrogen-bond donors (Lipinski definition) is 1. The van der Waals surface area contributed by atoms with Gasteiger partial charge in [0.1, 0.15) is 0 Å². The minimum atomic E-state index is 0.653. The van der Waals surface area contributed by atoms with Crippen molar-refractivity contribution in [2.75, 3.05) is 13.7 Å². The molecule has 1 aliphatic rings. The Bertz CT molecular complexity index is 152. The summed E-state index contributed by atoms with van der Waals surface area (Å²) in [6, 6.07) is 0. The molecule has 0 aromatic rings. The first-order valence-electron chi connectivity index (χ1n) is 3.48. The van der Waals surface area contributed by atoms with E-state index in [0.717, 1.165) is 18.6 Å². The molecule has 0 saturated carbocycles.